The Labute approximate surface area is 135 Å². The molecular formula is C14H11BrCl3N. The summed E-state index contributed by atoms with van der Waals surface area (Å²) in [5.41, 5.74) is 8.13. The van der Waals surface area contributed by atoms with Crippen LogP contribution < -0.4 is 5.73 Å². The molecule has 19 heavy (non-hydrogen) atoms. The first kappa shape index (κ1) is 15.1. The molecule has 0 heterocycles. The summed E-state index contributed by atoms with van der Waals surface area (Å²) in [5, 5.41) is 1.73. The van der Waals surface area contributed by atoms with Gasteiger partial charge in [-0.25, -0.2) is 0 Å². The van der Waals surface area contributed by atoms with Crippen LogP contribution in [-0.4, -0.2) is 0 Å². The molecule has 0 aliphatic carbocycles. The molecule has 1 unspecified atom stereocenters. The molecule has 0 bridgehead atoms. The Bertz CT molecular complexity index is 601. The fourth-order valence-corrected chi connectivity index (χ4v) is 2.97. The molecule has 2 aromatic carbocycles. The summed E-state index contributed by atoms with van der Waals surface area (Å²) in [6.07, 6.45) is 0.651. The molecule has 1 nitrogen and oxygen atoms in total. The highest BCUT2D eigenvalue weighted by molar-refractivity contribution is 9.10. The third-order valence-corrected chi connectivity index (χ3v) is 4.36. The van der Waals surface area contributed by atoms with Crippen molar-refractivity contribution in [1.29, 1.82) is 0 Å². The lowest BCUT2D eigenvalue weighted by molar-refractivity contribution is 0.722. The largest absolute Gasteiger partial charge is 0.324 e. The molecule has 0 amide bonds. The zero-order valence-corrected chi connectivity index (χ0v) is 13.7. The highest BCUT2D eigenvalue weighted by Crippen LogP contribution is 2.29. The topological polar surface area (TPSA) is 26.0 Å². The highest BCUT2D eigenvalue weighted by atomic mass is 79.9. The molecule has 2 rings (SSSR count). The second kappa shape index (κ2) is 6.47. The van der Waals surface area contributed by atoms with Gasteiger partial charge < -0.3 is 5.73 Å². The van der Waals surface area contributed by atoms with E-state index in [0.717, 1.165) is 15.6 Å². The molecule has 0 aliphatic rings. The monoisotopic (exact) mass is 377 g/mol. The Balaban J connectivity index is 2.20. The maximum Gasteiger partial charge on any atom is 0.0595 e. The van der Waals surface area contributed by atoms with Crippen LogP contribution in [0.4, 0.5) is 0 Å². The average molecular weight is 380 g/mol. The van der Waals surface area contributed by atoms with E-state index in [0.29, 0.717) is 21.5 Å². The predicted molar refractivity (Wildman–Crippen MR) is 86.2 cm³/mol. The van der Waals surface area contributed by atoms with Crippen molar-refractivity contribution in [2.24, 2.45) is 5.73 Å². The fraction of sp³-hybridized carbons (Fsp3) is 0.143. The van der Waals surface area contributed by atoms with Crippen molar-refractivity contribution in [3.8, 4) is 0 Å². The maximum atomic E-state index is 6.19. The lowest BCUT2D eigenvalue weighted by Crippen LogP contribution is -2.13. The van der Waals surface area contributed by atoms with Crippen LogP contribution in [0.2, 0.25) is 15.1 Å². The normalized spacial score (nSPS) is 12.5. The first-order chi connectivity index (χ1) is 8.97. The van der Waals surface area contributed by atoms with Gasteiger partial charge in [-0.1, -0.05) is 62.9 Å². The van der Waals surface area contributed by atoms with Crippen LogP contribution in [0.25, 0.3) is 0 Å². The van der Waals surface area contributed by atoms with E-state index < -0.39 is 0 Å². The molecule has 100 valence electrons. The Kier molecular flexibility index (Phi) is 5.15. The number of hydrogen-bond acceptors (Lipinski definition) is 1. The van der Waals surface area contributed by atoms with Crippen molar-refractivity contribution < 1.29 is 0 Å². The zero-order valence-electron chi connectivity index (χ0n) is 9.84. The first-order valence-corrected chi connectivity index (χ1v) is 7.54. The standard InChI is InChI=1S/C14H11BrCl3N/c15-9-2-3-10(12(17)7-9)14(19)6-8-1-4-11(16)13(18)5-8/h1-5,7,14H,6,19H2. The van der Waals surface area contributed by atoms with Gasteiger partial charge in [-0.3, -0.25) is 0 Å². The summed E-state index contributed by atoms with van der Waals surface area (Å²) in [6.45, 7) is 0. The van der Waals surface area contributed by atoms with Crippen molar-refractivity contribution in [1.82, 2.24) is 0 Å². The second-order valence-corrected chi connectivity index (χ2v) is 6.36. The minimum Gasteiger partial charge on any atom is -0.324 e. The Morgan fingerprint density at radius 1 is 0.947 bits per heavy atom. The van der Waals surface area contributed by atoms with E-state index in [1.165, 1.54) is 0 Å². The van der Waals surface area contributed by atoms with Gasteiger partial charge in [0.25, 0.3) is 0 Å². The smallest absolute Gasteiger partial charge is 0.0595 e. The Hall–Kier alpha value is -0.250. The zero-order chi connectivity index (χ0) is 14.0. The van der Waals surface area contributed by atoms with Crippen LogP contribution in [0.3, 0.4) is 0 Å². The van der Waals surface area contributed by atoms with Crippen molar-refractivity contribution in [2.45, 2.75) is 12.5 Å². The number of nitrogens with two attached hydrogens (primary N) is 1. The SMILES string of the molecule is NC(Cc1ccc(Cl)c(Cl)c1)c1ccc(Br)cc1Cl. The molecule has 1 atom stereocenters. The van der Waals surface area contributed by atoms with Gasteiger partial charge in [0.15, 0.2) is 0 Å². The van der Waals surface area contributed by atoms with Gasteiger partial charge in [0.05, 0.1) is 10.0 Å². The van der Waals surface area contributed by atoms with Crippen LogP contribution in [-0.2, 0) is 6.42 Å². The highest BCUT2D eigenvalue weighted by Gasteiger charge is 2.12. The van der Waals surface area contributed by atoms with Crippen LogP contribution >= 0.6 is 50.7 Å². The van der Waals surface area contributed by atoms with Crippen LogP contribution in [0, 0.1) is 0 Å². The molecule has 2 aromatic rings. The number of rotatable bonds is 3. The van der Waals surface area contributed by atoms with Crippen molar-refractivity contribution in [3.05, 3.63) is 67.1 Å². The number of hydrogen-bond donors (Lipinski definition) is 1. The van der Waals surface area contributed by atoms with Crippen molar-refractivity contribution >= 4 is 50.7 Å². The Morgan fingerprint density at radius 3 is 2.32 bits per heavy atom. The second-order valence-electron chi connectivity index (χ2n) is 4.22. The molecule has 0 aliphatic heterocycles. The summed E-state index contributed by atoms with van der Waals surface area (Å²) in [4.78, 5) is 0. The quantitative estimate of drug-likeness (QED) is 0.732. The molecule has 0 saturated carbocycles. The molecule has 5 heteroatoms. The molecule has 0 radical (unpaired) electrons. The molecule has 0 aromatic heterocycles. The van der Waals surface area contributed by atoms with Crippen molar-refractivity contribution in [3.63, 3.8) is 0 Å². The fourth-order valence-electron chi connectivity index (χ4n) is 1.83. The van der Waals surface area contributed by atoms with Gasteiger partial charge in [-0.15, -0.1) is 0 Å². The molecular weight excluding hydrogens is 368 g/mol. The van der Waals surface area contributed by atoms with Gasteiger partial charge in [-0.05, 0) is 41.8 Å². The van der Waals surface area contributed by atoms with E-state index in [-0.39, 0.29) is 6.04 Å². The minimum atomic E-state index is -0.183. The predicted octanol–water partition coefficient (Wildman–Crippen LogP) is 5.65. The van der Waals surface area contributed by atoms with Gasteiger partial charge in [0.1, 0.15) is 0 Å². The van der Waals surface area contributed by atoms with Crippen LogP contribution in [0.1, 0.15) is 17.2 Å². The minimum absolute atomic E-state index is 0.183. The van der Waals surface area contributed by atoms with Crippen molar-refractivity contribution in [2.75, 3.05) is 0 Å². The van der Waals surface area contributed by atoms with E-state index in [9.17, 15) is 0 Å². The Morgan fingerprint density at radius 2 is 1.68 bits per heavy atom. The number of halogens is 4. The summed E-state index contributed by atoms with van der Waals surface area (Å²) < 4.78 is 0.933. The van der Waals surface area contributed by atoms with Crippen LogP contribution in [0.15, 0.2) is 40.9 Å². The number of benzene rings is 2. The first-order valence-electron chi connectivity index (χ1n) is 5.62. The molecule has 2 N–H and O–H groups in total. The van der Waals surface area contributed by atoms with Gasteiger partial charge in [0.2, 0.25) is 0 Å². The summed E-state index contributed by atoms with van der Waals surface area (Å²) in [5.74, 6) is 0. The third-order valence-electron chi connectivity index (χ3n) is 2.80. The summed E-state index contributed by atoms with van der Waals surface area (Å²) >= 11 is 21.4. The van der Waals surface area contributed by atoms with Gasteiger partial charge >= 0.3 is 0 Å². The lowest BCUT2D eigenvalue weighted by atomic mass is 10.00. The molecule has 0 spiro atoms. The molecule has 0 fully saturated rings. The average Bonchev–Trinajstić information content (AvgIpc) is 2.33. The maximum absolute atomic E-state index is 6.19. The lowest BCUT2D eigenvalue weighted by Gasteiger charge is -2.14. The van der Waals surface area contributed by atoms with Crippen LogP contribution in [0.5, 0.6) is 0 Å². The van der Waals surface area contributed by atoms with Gasteiger partial charge in [0, 0.05) is 15.5 Å². The molecule has 0 saturated heterocycles. The third kappa shape index (κ3) is 3.87. The summed E-state index contributed by atoms with van der Waals surface area (Å²) in [6, 6.07) is 11.0. The van der Waals surface area contributed by atoms with E-state index >= 15 is 0 Å². The van der Waals surface area contributed by atoms with E-state index in [4.69, 9.17) is 40.5 Å². The van der Waals surface area contributed by atoms with Gasteiger partial charge in [-0.2, -0.15) is 0 Å². The summed E-state index contributed by atoms with van der Waals surface area (Å²) in [7, 11) is 0. The van der Waals surface area contributed by atoms with E-state index in [1.807, 2.05) is 30.3 Å². The van der Waals surface area contributed by atoms with E-state index in [2.05, 4.69) is 15.9 Å². The van der Waals surface area contributed by atoms with E-state index in [1.54, 1.807) is 6.07 Å².